The molecule has 3 aromatic rings. The van der Waals surface area contributed by atoms with Gasteiger partial charge >= 0.3 is 0 Å². The number of benzene rings is 1. The van der Waals surface area contributed by atoms with Crippen LogP contribution < -0.4 is 9.47 Å². The summed E-state index contributed by atoms with van der Waals surface area (Å²) in [5, 5.41) is 0. The Bertz CT molecular complexity index is 933. The third kappa shape index (κ3) is 3.69. The van der Waals surface area contributed by atoms with Gasteiger partial charge in [0.2, 0.25) is 0 Å². The van der Waals surface area contributed by atoms with Gasteiger partial charge in [-0.1, -0.05) is 6.92 Å². The van der Waals surface area contributed by atoms with Crippen molar-refractivity contribution in [3.63, 3.8) is 0 Å². The van der Waals surface area contributed by atoms with Gasteiger partial charge in [-0.15, -0.1) is 0 Å². The van der Waals surface area contributed by atoms with E-state index >= 15 is 0 Å². The molecule has 0 saturated carbocycles. The molecular weight excluding hydrogens is 330 g/mol. The first-order valence-corrected chi connectivity index (χ1v) is 8.56. The standard InChI is InChI=1S/C20H23N3O3/c1-12(7-13(2)24)8-15-10-21-20-19(15)23-16(11-22-20)14-5-6-17(25-3)18(9-14)26-4/h5-6,9-12H,7-8H2,1-4H3,(H,21,22). The first-order valence-electron chi connectivity index (χ1n) is 8.56. The third-order valence-corrected chi connectivity index (χ3v) is 4.34. The number of rotatable bonds is 7. The molecule has 1 unspecified atom stereocenters. The fourth-order valence-corrected chi connectivity index (χ4v) is 3.17. The molecule has 6 nitrogen and oxygen atoms in total. The molecule has 0 aliphatic heterocycles. The van der Waals surface area contributed by atoms with Crippen LogP contribution in [0.15, 0.2) is 30.6 Å². The summed E-state index contributed by atoms with van der Waals surface area (Å²) < 4.78 is 10.7. The summed E-state index contributed by atoms with van der Waals surface area (Å²) in [5.74, 6) is 1.79. The predicted molar refractivity (Wildman–Crippen MR) is 101 cm³/mol. The predicted octanol–water partition coefficient (Wildman–Crippen LogP) is 3.80. The zero-order valence-corrected chi connectivity index (χ0v) is 15.5. The van der Waals surface area contributed by atoms with E-state index in [1.54, 1.807) is 27.3 Å². The van der Waals surface area contributed by atoms with Crippen LogP contribution in [0.2, 0.25) is 0 Å². The highest BCUT2D eigenvalue weighted by Gasteiger charge is 2.14. The van der Waals surface area contributed by atoms with E-state index in [4.69, 9.17) is 14.5 Å². The molecule has 26 heavy (non-hydrogen) atoms. The van der Waals surface area contributed by atoms with Gasteiger partial charge in [0, 0.05) is 18.2 Å². The number of carbonyl (C=O) groups excluding carboxylic acids is 1. The van der Waals surface area contributed by atoms with Crippen LogP contribution in [0, 0.1) is 5.92 Å². The number of carbonyl (C=O) groups is 1. The number of methoxy groups -OCH3 is 2. The number of hydrogen-bond donors (Lipinski definition) is 1. The molecule has 0 bridgehead atoms. The van der Waals surface area contributed by atoms with Crippen LogP contribution in [0.25, 0.3) is 22.4 Å². The van der Waals surface area contributed by atoms with Gasteiger partial charge < -0.3 is 19.3 Å². The van der Waals surface area contributed by atoms with Gasteiger partial charge in [-0.25, -0.2) is 9.97 Å². The molecule has 0 aliphatic rings. The number of nitrogens with zero attached hydrogens (tertiary/aromatic N) is 2. The third-order valence-electron chi connectivity index (χ3n) is 4.34. The van der Waals surface area contributed by atoms with E-state index in [1.807, 2.05) is 24.4 Å². The average molecular weight is 353 g/mol. The summed E-state index contributed by atoms with van der Waals surface area (Å²) in [7, 11) is 3.22. The van der Waals surface area contributed by atoms with Crippen molar-refractivity contribution >= 4 is 16.9 Å². The molecule has 1 N–H and O–H groups in total. The second-order valence-electron chi connectivity index (χ2n) is 6.55. The van der Waals surface area contributed by atoms with Gasteiger partial charge in [-0.05, 0) is 43.0 Å². The number of ether oxygens (including phenoxy) is 2. The zero-order valence-electron chi connectivity index (χ0n) is 15.5. The summed E-state index contributed by atoms with van der Waals surface area (Å²) in [6.07, 6.45) is 5.02. The number of aromatic nitrogens is 3. The van der Waals surface area contributed by atoms with Gasteiger partial charge in [0.05, 0.1) is 26.1 Å². The molecule has 3 rings (SSSR count). The van der Waals surface area contributed by atoms with Crippen molar-refractivity contribution in [3.05, 3.63) is 36.2 Å². The van der Waals surface area contributed by atoms with Gasteiger partial charge in [0.15, 0.2) is 17.1 Å². The average Bonchev–Trinajstić information content (AvgIpc) is 3.02. The molecule has 1 aromatic carbocycles. The molecule has 0 aliphatic carbocycles. The summed E-state index contributed by atoms with van der Waals surface area (Å²) >= 11 is 0. The number of Topliss-reactive ketones (excluding diaryl/α,β-unsaturated/α-hetero) is 1. The highest BCUT2D eigenvalue weighted by molar-refractivity contribution is 5.79. The Morgan fingerprint density at radius 1 is 1.23 bits per heavy atom. The maximum Gasteiger partial charge on any atom is 0.161 e. The van der Waals surface area contributed by atoms with Gasteiger partial charge in [0.25, 0.3) is 0 Å². The Morgan fingerprint density at radius 2 is 2.00 bits per heavy atom. The number of ketones is 1. The van der Waals surface area contributed by atoms with Gasteiger partial charge in [0.1, 0.15) is 11.3 Å². The molecule has 0 fully saturated rings. The fourth-order valence-electron chi connectivity index (χ4n) is 3.17. The van der Waals surface area contributed by atoms with Crippen LogP contribution in [-0.2, 0) is 11.2 Å². The van der Waals surface area contributed by atoms with Crippen LogP contribution >= 0.6 is 0 Å². The van der Waals surface area contributed by atoms with Crippen molar-refractivity contribution in [3.8, 4) is 22.8 Å². The smallest absolute Gasteiger partial charge is 0.161 e. The Kier molecular flexibility index (Phi) is 5.21. The normalized spacial score (nSPS) is 12.2. The number of H-pyrrole nitrogens is 1. The Hall–Kier alpha value is -2.89. The van der Waals surface area contributed by atoms with E-state index in [1.165, 1.54) is 0 Å². The Balaban J connectivity index is 1.96. The molecule has 0 radical (unpaired) electrons. The second-order valence-corrected chi connectivity index (χ2v) is 6.55. The second kappa shape index (κ2) is 7.56. The van der Waals surface area contributed by atoms with Crippen LogP contribution in [-0.4, -0.2) is 35.0 Å². The largest absolute Gasteiger partial charge is 0.493 e. The zero-order chi connectivity index (χ0) is 18.7. The molecule has 6 heteroatoms. The van der Waals surface area contributed by atoms with E-state index in [2.05, 4.69) is 16.9 Å². The van der Waals surface area contributed by atoms with E-state index in [0.29, 0.717) is 17.9 Å². The lowest BCUT2D eigenvalue weighted by molar-refractivity contribution is -0.117. The molecule has 2 heterocycles. The lowest BCUT2D eigenvalue weighted by Gasteiger charge is -2.10. The van der Waals surface area contributed by atoms with Crippen molar-refractivity contribution < 1.29 is 14.3 Å². The lowest BCUT2D eigenvalue weighted by Crippen LogP contribution is -2.05. The Morgan fingerprint density at radius 3 is 2.69 bits per heavy atom. The van der Waals surface area contributed by atoms with E-state index in [-0.39, 0.29) is 11.7 Å². The molecule has 1 atom stereocenters. The van der Waals surface area contributed by atoms with E-state index in [9.17, 15) is 4.79 Å². The summed E-state index contributed by atoms with van der Waals surface area (Å²) in [6, 6.07) is 5.67. The van der Waals surface area contributed by atoms with Gasteiger partial charge in [-0.3, -0.25) is 0 Å². The molecular formula is C20H23N3O3. The Labute approximate surface area is 152 Å². The molecule has 136 valence electrons. The van der Waals surface area contributed by atoms with Crippen molar-refractivity contribution in [1.29, 1.82) is 0 Å². The minimum Gasteiger partial charge on any atom is -0.493 e. The summed E-state index contributed by atoms with van der Waals surface area (Å²) in [5.41, 5.74) is 4.33. The first kappa shape index (κ1) is 17.9. The number of hydrogen-bond acceptors (Lipinski definition) is 5. The van der Waals surface area contributed by atoms with Crippen molar-refractivity contribution in [1.82, 2.24) is 15.0 Å². The molecule has 0 amide bonds. The van der Waals surface area contributed by atoms with Crippen molar-refractivity contribution in [2.45, 2.75) is 26.7 Å². The topological polar surface area (TPSA) is 77.1 Å². The molecule has 2 aromatic heterocycles. The van der Waals surface area contributed by atoms with Crippen LogP contribution in [0.5, 0.6) is 11.5 Å². The highest BCUT2D eigenvalue weighted by atomic mass is 16.5. The minimum atomic E-state index is 0.203. The van der Waals surface area contributed by atoms with Gasteiger partial charge in [-0.2, -0.15) is 0 Å². The van der Waals surface area contributed by atoms with Crippen molar-refractivity contribution in [2.75, 3.05) is 14.2 Å². The van der Waals surface area contributed by atoms with E-state index < -0.39 is 0 Å². The van der Waals surface area contributed by atoms with Crippen molar-refractivity contribution in [2.24, 2.45) is 5.92 Å². The summed E-state index contributed by atoms with van der Waals surface area (Å²) in [4.78, 5) is 23.8. The first-order chi connectivity index (χ1) is 12.5. The monoisotopic (exact) mass is 353 g/mol. The number of aromatic amines is 1. The SMILES string of the molecule is COc1ccc(-c2cnc3[nH]cc(CC(C)CC(C)=O)c3n2)cc1OC. The quantitative estimate of drug-likeness (QED) is 0.699. The molecule has 0 spiro atoms. The van der Waals surface area contributed by atoms with E-state index in [0.717, 1.165) is 34.4 Å². The highest BCUT2D eigenvalue weighted by Crippen LogP contribution is 2.32. The molecule has 0 saturated heterocycles. The summed E-state index contributed by atoms with van der Waals surface area (Å²) in [6.45, 7) is 3.70. The number of fused-ring (bicyclic) bond motifs is 1. The maximum atomic E-state index is 11.3. The lowest BCUT2D eigenvalue weighted by atomic mass is 9.97. The number of nitrogens with one attached hydrogen (secondary N) is 1. The maximum absolute atomic E-state index is 11.3. The van der Waals surface area contributed by atoms with Crippen LogP contribution in [0.3, 0.4) is 0 Å². The fraction of sp³-hybridized carbons (Fsp3) is 0.350. The minimum absolute atomic E-state index is 0.203. The van der Waals surface area contributed by atoms with Crippen LogP contribution in [0.1, 0.15) is 25.8 Å². The van der Waals surface area contributed by atoms with Crippen LogP contribution in [0.4, 0.5) is 0 Å².